The van der Waals surface area contributed by atoms with Gasteiger partial charge < -0.3 is 4.74 Å². The van der Waals surface area contributed by atoms with Gasteiger partial charge in [-0.25, -0.2) is 4.79 Å². The van der Waals surface area contributed by atoms with Crippen molar-refractivity contribution in [1.29, 1.82) is 0 Å². The van der Waals surface area contributed by atoms with Crippen molar-refractivity contribution < 1.29 is 35.5 Å². The van der Waals surface area contributed by atoms with Crippen LogP contribution in [0.25, 0.3) is 0 Å². The van der Waals surface area contributed by atoms with E-state index in [0.29, 0.717) is 6.07 Å². The van der Waals surface area contributed by atoms with Crippen LogP contribution in [-0.4, -0.2) is 27.0 Å². The molecule has 0 aromatic heterocycles. The van der Waals surface area contributed by atoms with E-state index in [1.165, 1.54) is 0 Å². The highest BCUT2D eigenvalue weighted by atomic mass is 79.9. The van der Waals surface area contributed by atoms with Gasteiger partial charge in [0, 0.05) is 10.5 Å². The molecular formula is C9H4BrF4NO4S. The SMILES string of the molecule is O=C=NS(=O)(=O)c1cc(OC(F)(F)C(F)F)ccc1Br. The van der Waals surface area contributed by atoms with Crippen molar-refractivity contribution in [3.63, 3.8) is 0 Å². The fraction of sp³-hybridized carbons (Fsp3) is 0.222. The normalized spacial score (nSPS) is 12.1. The minimum absolute atomic E-state index is 0.121. The van der Waals surface area contributed by atoms with Crippen molar-refractivity contribution in [1.82, 2.24) is 0 Å². The molecule has 0 atom stereocenters. The van der Waals surface area contributed by atoms with Crippen LogP contribution in [-0.2, 0) is 14.8 Å². The lowest BCUT2D eigenvalue weighted by Gasteiger charge is -2.17. The Hall–Kier alpha value is -1.45. The van der Waals surface area contributed by atoms with Gasteiger partial charge in [0.15, 0.2) is 0 Å². The largest absolute Gasteiger partial charge is 0.461 e. The van der Waals surface area contributed by atoms with E-state index in [-0.39, 0.29) is 4.47 Å². The summed E-state index contributed by atoms with van der Waals surface area (Å²) < 4.78 is 78.3. The summed E-state index contributed by atoms with van der Waals surface area (Å²) in [6.07, 6.45) is -8.11. The fourth-order valence-electron chi connectivity index (χ4n) is 1.04. The number of ether oxygens (including phenoxy) is 1. The highest BCUT2D eigenvalue weighted by Gasteiger charge is 2.44. The molecule has 0 N–H and O–H groups in total. The summed E-state index contributed by atoms with van der Waals surface area (Å²) in [5.74, 6) is -0.835. The Labute approximate surface area is 118 Å². The molecule has 1 aromatic carbocycles. The van der Waals surface area contributed by atoms with Crippen LogP contribution < -0.4 is 4.74 Å². The van der Waals surface area contributed by atoms with Gasteiger partial charge in [-0.1, -0.05) is 4.40 Å². The molecule has 0 bridgehead atoms. The lowest BCUT2D eigenvalue weighted by Crippen LogP contribution is -2.33. The summed E-state index contributed by atoms with van der Waals surface area (Å²) in [5.41, 5.74) is 0. The Morgan fingerprint density at radius 2 is 1.95 bits per heavy atom. The van der Waals surface area contributed by atoms with Gasteiger partial charge in [-0.2, -0.15) is 26.0 Å². The molecule has 0 aliphatic rings. The van der Waals surface area contributed by atoms with E-state index in [1.807, 2.05) is 0 Å². The van der Waals surface area contributed by atoms with Crippen LogP contribution in [0, 0.1) is 0 Å². The molecule has 1 rings (SSSR count). The number of carbonyl (C=O) groups excluding carboxylic acids is 1. The van der Waals surface area contributed by atoms with Crippen LogP contribution in [0.2, 0.25) is 0 Å². The maximum atomic E-state index is 12.7. The molecule has 20 heavy (non-hydrogen) atoms. The third-order valence-corrected chi connectivity index (χ3v) is 4.01. The molecule has 1 aromatic rings. The number of hydrogen-bond donors (Lipinski definition) is 0. The molecule has 0 radical (unpaired) electrons. The van der Waals surface area contributed by atoms with E-state index in [0.717, 1.165) is 18.2 Å². The van der Waals surface area contributed by atoms with Crippen molar-refractivity contribution in [3.8, 4) is 5.75 Å². The summed E-state index contributed by atoms with van der Waals surface area (Å²) >= 11 is 2.78. The van der Waals surface area contributed by atoms with E-state index in [9.17, 15) is 30.8 Å². The summed E-state index contributed by atoms with van der Waals surface area (Å²) in [6, 6.07) is 2.32. The second-order valence-corrected chi connectivity index (χ2v) is 5.64. The Morgan fingerprint density at radius 1 is 1.35 bits per heavy atom. The monoisotopic (exact) mass is 377 g/mol. The molecule has 0 spiro atoms. The third-order valence-electron chi connectivity index (χ3n) is 1.85. The van der Waals surface area contributed by atoms with Crippen LogP contribution in [0.5, 0.6) is 5.75 Å². The average Bonchev–Trinajstić information content (AvgIpc) is 2.30. The molecule has 0 aliphatic heterocycles. The topological polar surface area (TPSA) is 72.8 Å². The van der Waals surface area contributed by atoms with E-state index in [1.54, 1.807) is 0 Å². The zero-order valence-electron chi connectivity index (χ0n) is 9.19. The summed E-state index contributed by atoms with van der Waals surface area (Å²) in [7, 11) is -4.50. The van der Waals surface area contributed by atoms with Gasteiger partial charge in [-0.15, -0.1) is 0 Å². The van der Waals surface area contributed by atoms with Crippen LogP contribution in [0.15, 0.2) is 32.0 Å². The fourth-order valence-corrected chi connectivity index (χ4v) is 2.68. The number of isocyanates is 1. The maximum Gasteiger partial charge on any atom is 0.461 e. The molecule has 0 saturated carbocycles. The maximum absolute atomic E-state index is 12.7. The van der Waals surface area contributed by atoms with Crippen molar-refractivity contribution in [2.75, 3.05) is 0 Å². The van der Waals surface area contributed by atoms with Gasteiger partial charge in [-0.3, -0.25) is 0 Å². The first-order chi connectivity index (χ1) is 9.10. The Bertz CT molecular complexity index is 658. The van der Waals surface area contributed by atoms with Gasteiger partial charge in [0.1, 0.15) is 10.6 Å². The van der Waals surface area contributed by atoms with Crippen molar-refractivity contribution in [2.45, 2.75) is 17.4 Å². The molecule has 11 heteroatoms. The van der Waals surface area contributed by atoms with Crippen LogP contribution in [0.3, 0.4) is 0 Å². The molecule has 110 valence electrons. The number of alkyl halides is 4. The standard InChI is InChI=1S/C9H4BrF4NO4S/c10-6-2-1-5(19-9(13,14)8(11)12)3-7(6)20(17,18)15-4-16/h1-3,8H. The smallest absolute Gasteiger partial charge is 0.428 e. The number of halogens is 5. The molecule has 0 fully saturated rings. The predicted octanol–water partition coefficient (Wildman–Crippen LogP) is 2.71. The van der Waals surface area contributed by atoms with Crippen LogP contribution >= 0.6 is 15.9 Å². The minimum Gasteiger partial charge on any atom is -0.428 e. The number of hydrogen-bond acceptors (Lipinski definition) is 4. The lowest BCUT2D eigenvalue weighted by atomic mass is 10.3. The molecule has 0 unspecified atom stereocenters. The van der Waals surface area contributed by atoms with Crippen molar-refractivity contribution in [3.05, 3.63) is 22.7 Å². The van der Waals surface area contributed by atoms with Gasteiger partial charge in [0.05, 0.1) is 0 Å². The minimum atomic E-state index is -4.79. The van der Waals surface area contributed by atoms with Crippen LogP contribution in [0.4, 0.5) is 17.6 Å². The Kier molecular flexibility index (Phi) is 4.90. The molecule has 0 saturated heterocycles. The molecule has 5 nitrogen and oxygen atoms in total. The Balaban J connectivity index is 3.26. The quantitative estimate of drug-likeness (QED) is 0.449. The zero-order chi connectivity index (χ0) is 15.6. The molecular weight excluding hydrogens is 374 g/mol. The molecule has 0 aliphatic carbocycles. The lowest BCUT2D eigenvalue weighted by molar-refractivity contribution is -0.253. The van der Waals surface area contributed by atoms with E-state index < -0.39 is 33.2 Å². The Morgan fingerprint density at radius 3 is 2.45 bits per heavy atom. The van der Waals surface area contributed by atoms with Crippen molar-refractivity contribution in [2.24, 2.45) is 4.40 Å². The average molecular weight is 378 g/mol. The summed E-state index contributed by atoms with van der Waals surface area (Å²) in [4.78, 5) is 9.27. The summed E-state index contributed by atoms with van der Waals surface area (Å²) in [6.45, 7) is 0. The second kappa shape index (κ2) is 5.90. The molecule has 0 amide bonds. The summed E-state index contributed by atoms with van der Waals surface area (Å²) in [5, 5.41) is 0. The zero-order valence-corrected chi connectivity index (χ0v) is 11.6. The number of rotatable bonds is 5. The van der Waals surface area contributed by atoms with Crippen molar-refractivity contribution >= 4 is 32.0 Å². The van der Waals surface area contributed by atoms with Gasteiger partial charge in [0.25, 0.3) is 16.1 Å². The van der Waals surface area contributed by atoms with Gasteiger partial charge in [-0.05, 0) is 28.1 Å². The highest BCUT2D eigenvalue weighted by molar-refractivity contribution is 9.10. The van der Waals surface area contributed by atoms with Gasteiger partial charge in [0.2, 0.25) is 0 Å². The number of benzene rings is 1. The van der Waals surface area contributed by atoms with Gasteiger partial charge >= 0.3 is 12.5 Å². The second-order valence-electron chi connectivity index (χ2n) is 3.21. The third kappa shape index (κ3) is 3.78. The predicted molar refractivity (Wildman–Crippen MR) is 61.0 cm³/mol. The first kappa shape index (κ1) is 16.6. The number of nitrogens with zero attached hydrogens (tertiary/aromatic N) is 1. The number of sulfonamides is 1. The van der Waals surface area contributed by atoms with E-state index >= 15 is 0 Å². The van der Waals surface area contributed by atoms with E-state index in [2.05, 4.69) is 25.1 Å². The van der Waals surface area contributed by atoms with Crippen LogP contribution in [0.1, 0.15) is 0 Å². The first-order valence-corrected chi connectivity index (χ1v) is 6.82. The highest BCUT2D eigenvalue weighted by Crippen LogP contribution is 2.32. The molecule has 0 heterocycles. The first-order valence-electron chi connectivity index (χ1n) is 4.59. The van der Waals surface area contributed by atoms with E-state index in [4.69, 9.17) is 0 Å².